The van der Waals surface area contributed by atoms with Crippen LogP contribution in [0.4, 0.5) is 5.82 Å². The molecule has 0 bridgehead atoms. The van der Waals surface area contributed by atoms with E-state index in [0.717, 1.165) is 5.56 Å². The standard InChI is InChI=1S/C38H51N5O7SSi2/c1-24(2)52(25(3)4)46-22-30-32(49-53(50-52,26(5)6)27(7)8)38(44,36(51)47-29-17-13-10-14-18-29)35(48-30)43-23-40-31-33(45-21-28-15-11-9-12-16-28)41-37-39-19-20-42(37)34(31)43/h9-20,23-27,30,32,35,37,39,44H,21-22H2,1-8H3/t30-,32-,35-,37-,38-/m1/s1. The van der Waals surface area contributed by atoms with Gasteiger partial charge < -0.3 is 37.6 Å². The number of benzene rings is 2. The number of para-hydroxylation sites is 1. The molecule has 0 saturated carbocycles. The van der Waals surface area contributed by atoms with E-state index in [1.54, 1.807) is 23.0 Å². The van der Waals surface area contributed by atoms with Crippen LogP contribution in [0, 0.1) is 0 Å². The van der Waals surface area contributed by atoms with E-state index in [4.69, 9.17) is 49.4 Å². The van der Waals surface area contributed by atoms with Gasteiger partial charge in [-0.05, 0) is 52.1 Å². The third-order valence-electron chi connectivity index (χ3n) is 10.7. The van der Waals surface area contributed by atoms with Crippen LogP contribution in [0.15, 0.2) is 84.4 Å². The first-order chi connectivity index (χ1) is 25.3. The summed E-state index contributed by atoms with van der Waals surface area (Å²) in [7, 11) is -6.14. The highest BCUT2D eigenvalue weighted by molar-refractivity contribution is 7.80. The van der Waals surface area contributed by atoms with Gasteiger partial charge in [-0.25, -0.2) is 9.98 Å². The van der Waals surface area contributed by atoms with E-state index in [-0.39, 0.29) is 33.8 Å². The third-order valence-corrected chi connectivity index (χ3v) is 21.4. The van der Waals surface area contributed by atoms with Gasteiger partial charge in [0.15, 0.2) is 17.7 Å². The lowest BCUT2D eigenvalue weighted by Gasteiger charge is -2.52. The Hall–Kier alpha value is -3.42. The van der Waals surface area contributed by atoms with Crippen LogP contribution < -0.4 is 15.0 Å². The van der Waals surface area contributed by atoms with Gasteiger partial charge in [0.25, 0.3) is 0 Å². The molecular formula is C38H51N5O7SSi2. The predicted molar refractivity (Wildman–Crippen MR) is 211 cm³/mol. The first-order valence-corrected chi connectivity index (χ1v) is 22.9. The van der Waals surface area contributed by atoms with Crippen molar-refractivity contribution < 1.29 is 32.3 Å². The number of rotatable bonds is 9. The van der Waals surface area contributed by atoms with Crippen LogP contribution in [0.2, 0.25) is 22.2 Å². The smallest absolute Gasteiger partial charge is 0.335 e. The summed E-state index contributed by atoms with van der Waals surface area (Å²) in [6, 6.07) is 19.1. The number of anilines is 1. The summed E-state index contributed by atoms with van der Waals surface area (Å²) >= 11 is 6.10. The lowest BCUT2D eigenvalue weighted by Crippen LogP contribution is -2.68. The Labute approximate surface area is 319 Å². The molecule has 2 fully saturated rings. The van der Waals surface area contributed by atoms with Gasteiger partial charge in [0.05, 0.1) is 12.9 Å². The second-order valence-electron chi connectivity index (χ2n) is 15.4. The van der Waals surface area contributed by atoms with Gasteiger partial charge in [-0.3, -0.25) is 9.47 Å². The minimum absolute atomic E-state index is 0.00393. The van der Waals surface area contributed by atoms with Gasteiger partial charge in [-0.1, -0.05) is 104 Å². The number of ether oxygens (including phenoxy) is 3. The van der Waals surface area contributed by atoms with E-state index in [2.05, 4.69) is 60.7 Å². The average molecular weight is 778 g/mol. The summed E-state index contributed by atoms with van der Waals surface area (Å²) in [6.07, 6.45) is 1.95. The molecule has 2 saturated heterocycles. The highest BCUT2D eigenvalue weighted by Gasteiger charge is 2.68. The Bertz CT molecular complexity index is 1830. The molecule has 0 spiro atoms. The molecule has 1 aromatic heterocycles. The molecule has 5 heterocycles. The number of aliphatic hydroxyl groups is 1. The summed E-state index contributed by atoms with van der Waals surface area (Å²) in [5.41, 5.74) is -0.252. The number of aromatic nitrogens is 2. The van der Waals surface area contributed by atoms with Gasteiger partial charge in [0.2, 0.25) is 22.8 Å². The van der Waals surface area contributed by atoms with E-state index in [9.17, 15) is 5.11 Å². The SMILES string of the molecule is CC(C)[Si]1(C(C)C)OC[C@H]2O[C@@H](n3cnc4c3N3C=CN[C@@H]3N=C4OCc3ccccc3)[C@@](O)(C(=S)Oc3ccccc3)[C@@H]2O[Si](C(C)C)(C(C)C)O1. The van der Waals surface area contributed by atoms with E-state index in [1.807, 2.05) is 65.8 Å². The topological polar surface area (TPSA) is 121 Å². The summed E-state index contributed by atoms with van der Waals surface area (Å²) in [5, 5.41) is 16.6. The molecular weight excluding hydrogens is 727 g/mol. The Kier molecular flexibility index (Phi) is 10.5. The summed E-state index contributed by atoms with van der Waals surface area (Å²) < 4.78 is 43.4. The number of hydrogen-bond acceptors (Lipinski definition) is 12. The number of aliphatic imine (C=N–C) groups is 1. The quantitative estimate of drug-likeness (QED) is 0.172. The van der Waals surface area contributed by atoms with Crippen LogP contribution in [0.1, 0.15) is 72.9 Å². The fourth-order valence-corrected chi connectivity index (χ4v) is 19.5. The Morgan fingerprint density at radius 3 is 2.25 bits per heavy atom. The molecule has 4 aliphatic rings. The second kappa shape index (κ2) is 14.7. The molecule has 7 rings (SSSR count). The lowest BCUT2D eigenvalue weighted by atomic mass is 9.94. The molecule has 5 atom stereocenters. The second-order valence-corrected chi connectivity index (χ2v) is 24.6. The summed E-state index contributed by atoms with van der Waals surface area (Å²) in [4.78, 5) is 11.6. The first-order valence-electron chi connectivity index (χ1n) is 18.5. The fourth-order valence-electron chi connectivity index (χ4n) is 7.95. The maximum absolute atomic E-state index is 13.4. The molecule has 3 aromatic rings. The first kappa shape index (κ1) is 37.9. The molecule has 2 N–H and O–H groups in total. The number of imidazole rings is 1. The van der Waals surface area contributed by atoms with Crippen LogP contribution in [0.3, 0.4) is 0 Å². The highest BCUT2D eigenvalue weighted by atomic mass is 32.1. The zero-order valence-electron chi connectivity index (χ0n) is 31.6. The van der Waals surface area contributed by atoms with Crippen LogP contribution in [-0.4, -0.2) is 73.4 Å². The zero-order chi connectivity index (χ0) is 37.7. The van der Waals surface area contributed by atoms with Crippen molar-refractivity contribution in [3.63, 3.8) is 0 Å². The third kappa shape index (κ3) is 6.48. The fraction of sp³-hybridized carbons (Fsp3) is 0.500. The van der Waals surface area contributed by atoms with Crippen molar-refractivity contribution in [2.75, 3.05) is 11.5 Å². The lowest BCUT2D eigenvalue weighted by molar-refractivity contribution is -0.0708. The number of thiocarbonyl (C=S) groups is 1. The van der Waals surface area contributed by atoms with Gasteiger partial charge in [0, 0.05) is 12.4 Å². The minimum atomic E-state index is -3.23. The van der Waals surface area contributed by atoms with E-state index < -0.39 is 47.4 Å². The van der Waals surface area contributed by atoms with Crippen molar-refractivity contribution in [2.24, 2.45) is 4.99 Å². The molecule has 12 nitrogen and oxygen atoms in total. The van der Waals surface area contributed by atoms with Crippen LogP contribution in [0.25, 0.3) is 0 Å². The maximum atomic E-state index is 13.4. The molecule has 53 heavy (non-hydrogen) atoms. The normalized spacial score (nSPS) is 27.2. The van der Waals surface area contributed by atoms with Gasteiger partial charge in [0.1, 0.15) is 24.6 Å². The van der Waals surface area contributed by atoms with Gasteiger partial charge >= 0.3 is 17.1 Å². The van der Waals surface area contributed by atoms with E-state index >= 15 is 0 Å². The molecule has 0 unspecified atom stereocenters. The van der Waals surface area contributed by atoms with Crippen molar-refractivity contribution in [1.82, 2.24) is 14.9 Å². The molecule has 0 amide bonds. The molecule has 15 heteroatoms. The molecule has 0 radical (unpaired) electrons. The Balaban J connectivity index is 1.35. The Morgan fingerprint density at radius 1 is 0.962 bits per heavy atom. The van der Waals surface area contributed by atoms with Gasteiger partial charge in [-0.15, -0.1) is 0 Å². The van der Waals surface area contributed by atoms with Crippen LogP contribution in [-0.2, 0) is 29.0 Å². The van der Waals surface area contributed by atoms with Crippen molar-refractivity contribution >= 4 is 46.1 Å². The Morgan fingerprint density at radius 2 is 1.60 bits per heavy atom. The number of hydrogen-bond donors (Lipinski definition) is 2. The minimum Gasteiger partial charge on any atom is -0.471 e. The van der Waals surface area contributed by atoms with Crippen molar-refractivity contribution in [3.8, 4) is 5.75 Å². The largest absolute Gasteiger partial charge is 0.471 e. The molecule has 4 aliphatic heterocycles. The molecule has 0 aliphatic carbocycles. The summed E-state index contributed by atoms with van der Waals surface area (Å²) in [6.45, 7) is 17.7. The monoisotopic (exact) mass is 777 g/mol. The highest BCUT2D eigenvalue weighted by Crippen LogP contribution is 2.52. The number of nitrogens with zero attached hydrogens (tertiary/aromatic N) is 4. The van der Waals surface area contributed by atoms with Gasteiger partial charge in [-0.2, -0.15) is 0 Å². The van der Waals surface area contributed by atoms with Crippen LogP contribution in [0.5, 0.6) is 5.75 Å². The molecule has 2 aromatic carbocycles. The van der Waals surface area contributed by atoms with Crippen molar-refractivity contribution in [1.29, 1.82) is 0 Å². The average Bonchev–Trinajstić information content (AvgIpc) is 3.84. The zero-order valence-corrected chi connectivity index (χ0v) is 34.4. The number of fused-ring (bicyclic) bond motifs is 4. The van der Waals surface area contributed by atoms with E-state index in [0.29, 0.717) is 29.8 Å². The predicted octanol–water partition coefficient (Wildman–Crippen LogP) is 7.02. The number of nitrogens with one attached hydrogen (secondary N) is 1. The maximum Gasteiger partial charge on any atom is 0.335 e. The van der Waals surface area contributed by atoms with Crippen molar-refractivity contribution in [2.45, 2.75) is 114 Å². The van der Waals surface area contributed by atoms with E-state index in [1.165, 1.54) is 0 Å². The van der Waals surface area contributed by atoms with Crippen molar-refractivity contribution in [3.05, 3.63) is 90.6 Å². The summed E-state index contributed by atoms with van der Waals surface area (Å²) in [5.74, 6) is 1.45. The van der Waals surface area contributed by atoms with Crippen LogP contribution >= 0.6 is 12.2 Å². The molecule has 284 valence electrons.